The Morgan fingerprint density at radius 3 is 2.10 bits per heavy atom. The zero-order chi connectivity index (χ0) is 30.1. The van der Waals surface area contributed by atoms with Gasteiger partial charge in [0.05, 0.1) is 25.2 Å². The van der Waals surface area contributed by atoms with Crippen LogP contribution in [0, 0.1) is 0 Å². The van der Waals surface area contributed by atoms with Gasteiger partial charge in [-0.25, -0.2) is 9.78 Å². The average Bonchev–Trinajstić information content (AvgIpc) is 3.56. The molecule has 16 heteroatoms. The average molecular weight is 571 g/mol. The van der Waals surface area contributed by atoms with Crippen molar-refractivity contribution in [3.05, 3.63) is 54.2 Å². The Morgan fingerprint density at radius 1 is 0.854 bits per heavy atom. The maximum absolute atomic E-state index is 13.5. The molecule has 0 aliphatic carbocycles. The zero-order valence-corrected chi connectivity index (χ0v) is 21.6. The van der Waals surface area contributed by atoms with Crippen LogP contribution >= 0.6 is 0 Å². The standard InChI is InChI=1S/C25H30N8O8/c26-15(7-20(27)34)22(37)31-18(6-13-10-28-11-30-13)24(39)32-17(23(38)33-19(25(40)41)8-21(35)36)5-12-9-29-16-4-2-1-3-14(12)16/h1-4,9-11,15,17-19,29H,5-8,26H2,(H2,27,34)(H,28,30)(H,31,37)(H,32,39)(H,33,38)(H,35,36)(H,40,41). The molecule has 0 saturated carbocycles. The summed E-state index contributed by atoms with van der Waals surface area (Å²) in [5.74, 6) is -6.52. The van der Waals surface area contributed by atoms with Gasteiger partial charge in [-0.15, -0.1) is 0 Å². The summed E-state index contributed by atoms with van der Waals surface area (Å²) in [6.45, 7) is 0. The van der Waals surface area contributed by atoms with E-state index >= 15 is 0 Å². The molecule has 4 unspecified atom stereocenters. The lowest BCUT2D eigenvalue weighted by Crippen LogP contribution is -2.58. The van der Waals surface area contributed by atoms with Gasteiger partial charge in [-0.3, -0.25) is 24.0 Å². The lowest BCUT2D eigenvalue weighted by Gasteiger charge is -2.25. The molecule has 1 aromatic carbocycles. The number of rotatable bonds is 15. The summed E-state index contributed by atoms with van der Waals surface area (Å²) >= 11 is 0. The topological polar surface area (TPSA) is 275 Å². The van der Waals surface area contributed by atoms with Gasteiger partial charge in [0, 0.05) is 41.8 Å². The number of carboxylic acid groups (broad SMARTS) is 2. The number of para-hydroxylation sites is 1. The normalized spacial score (nSPS) is 13.9. The number of primary amides is 1. The number of amides is 4. The van der Waals surface area contributed by atoms with Crippen LogP contribution in [0.5, 0.6) is 0 Å². The third-order valence-corrected chi connectivity index (χ3v) is 6.10. The minimum absolute atomic E-state index is 0.112. The Kier molecular flexibility index (Phi) is 10.1. The molecule has 3 rings (SSSR count). The van der Waals surface area contributed by atoms with Gasteiger partial charge in [-0.05, 0) is 11.6 Å². The molecule has 218 valence electrons. The van der Waals surface area contributed by atoms with Crippen LogP contribution in [-0.4, -0.2) is 84.9 Å². The van der Waals surface area contributed by atoms with Crippen molar-refractivity contribution in [1.29, 1.82) is 0 Å². The number of carbonyl (C=O) groups is 6. The molecule has 41 heavy (non-hydrogen) atoms. The number of nitrogens with zero attached hydrogens (tertiary/aromatic N) is 1. The van der Waals surface area contributed by atoms with Crippen molar-refractivity contribution in [2.75, 3.05) is 0 Å². The Bertz CT molecular complexity index is 1420. The number of carboxylic acids is 2. The first-order chi connectivity index (χ1) is 19.4. The van der Waals surface area contributed by atoms with Gasteiger partial charge >= 0.3 is 11.9 Å². The van der Waals surface area contributed by atoms with Crippen molar-refractivity contribution < 1.29 is 39.0 Å². The molecule has 4 amide bonds. The van der Waals surface area contributed by atoms with E-state index in [1.54, 1.807) is 30.5 Å². The van der Waals surface area contributed by atoms with E-state index in [-0.39, 0.29) is 12.8 Å². The van der Waals surface area contributed by atoms with E-state index in [0.29, 0.717) is 11.3 Å². The van der Waals surface area contributed by atoms with Gasteiger partial charge in [0.25, 0.3) is 0 Å². The van der Waals surface area contributed by atoms with Crippen LogP contribution in [0.4, 0.5) is 0 Å². The summed E-state index contributed by atoms with van der Waals surface area (Å²) in [4.78, 5) is 83.0. The highest BCUT2D eigenvalue weighted by atomic mass is 16.4. The third kappa shape index (κ3) is 8.62. The molecule has 4 atom stereocenters. The fraction of sp³-hybridized carbons (Fsp3) is 0.320. The van der Waals surface area contributed by atoms with E-state index in [2.05, 4.69) is 30.9 Å². The fourth-order valence-corrected chi connectivity index (χ4v) is 4.06. The number of nitrogens with one attached hydrogen (secondary N) is 5. The van der Waals surface area contributed by atoms with Crippen LogP contribution in [0.1, 0.15) is 24.1 Å². The summed E-state index contributed by atoms with van der Waals surface area (Å²) in [5.41, 5.74) is 12.6. The molecule has 2 heterocycles. The number of benzene rings is 1. The summed E-state index contributed by atoms with van der Waals surface area (Å²) in [6, 6.07) is 1.33. The Balaban J connectivity index is 1.88. The predicted molar refractivity (Wildman–Crippen MR) is 142 cm³/mol. The molecule has 0 fully saturated rings. The van der Waals surface area contributed by atoms with Gasteiger partial charge in [0.1, 0.15) is 18.1 Å². The Morgan fingerprint density at radius 2 is 1.49 bits per heavy atom. The number of carbonyl (C=O) groups excluding carboxylic acids is 4. The summed E-state index contributed by atoms with van der Waals surface area (Å²) < 4.78 is 0. The Labute approximate surface area is 232 Å². The number of fused-ring (bicyclic) bond motifs is 1. The van der Waals surface area contributed by atoms with E-state index in [0.717, 1.165) is 10.9 Å². The minimum Gasteiger partial charge on any atom is -0.481 e. The van der Waals surface area contributed by atoms with Crippen LogP contribution in [0.3, 0.4) is 0 Å². The first-order valence-electron chi connectivity index (χ1n) is 12.4. The molecule has 0 aliphatic rings. The number of imidazole rings is 1. The molecule has 0 radical (unpaired) electrons. The van der Waals surface area contributed by atoms with Gasteiger partial charge in [0.15, 0.2) is 0 Å². The number of aromatic nitrogens is 3. The number of nitrogens with two attached hydrogens (primary N) is 2. The number of aromatic amines is 2. The molecular formula is C25H30N8O8. The van der Waals surface area contributed by atoms with E-state index < -0.39 is 72.6 Å². The quantitative estimate of drug-likeness (QED) is 0.0959. The van der Waals surface area contributed by atoms with E-state index in [1.165, 1.54) is 12.5 Å². The maximum Gasteiger partial charge on any atom is 0.326 e. The minimum atomic E-state index is -1.77. The van der Waals surface area contributed by atoms with Crippen molar-refractivity contribution in [3.8, 4) is 0 Å². The zero-order valence-electron chi connectivity index (χ0n) is 21.6. The van der Waals surface area contributed by atoms with E-state index in [1.807, 2.05) is 0 Å². The third-order valence-electron chi connectivity index (χ3n) is 6.10. The molecule has 3 aromatic rings. The monoisotopic (exact) mass is 570 g/mol. The first-order valence-corrected chi connectivity index (χ1v) is 12.4. The number of hydrogen-bond donors (Lipinski definition) is 9. The second kappa shape index (κ2) is 13.7. The van der Waals surface area contributed by atoms with Crippen molar-refractivity contribution >= 4 is 46.5 Å². The van der Waals surface area contributed by atoms with Crippen molar-refractivity contribution in [2.45, 2.75) is 49.9 Å². The van der Waals surface area contributed by atoms with Crippen LogP contribution in [0.15, 0.2) is 43.0 Å². The van der Waals surface area contributed by atoms with E-state index in [9.17, 15) is 33.9 Å². The molecule has 0 aliphatic heterocycles. The SMILES string of the molecule is NC(=O)CC(N)C(=O)NC(Cc1cnc[nH]1)C(=O)NC(Cc1c[nH]c2ccccc12)C(=O)NC(CC(=O)O)C(=O)O. The summed E-state index contributed by atoms with van der Waals surface area (Å²) in [7, 11) is 0. The molecular weight excluding hydrogens is 540 g/mol. The van der Waals surface area contributed by atoms with Crippen LogP contribution in [0.25, 0.3) is 10.9 Å². The predicted octanol–water partition coefficient (Wildman–Crippen LogP) is -2.11. The molecule has 0 spiro atoms. The lowest BCUT2D eigenvalue weighted by atomic mass is 10.0. The molecule has 16 nitrogen and oxygen atoms in total. The fourth-order valence-electron chi connectivity index (χ4n) is 4.06. The number of hydrogen-bond acceptors (Lipinski definition) is 8. The second-order valence-electron chi connectivity index (χ2n) is 9.24. The van der Waals surface area contributed by atoms with Gasteiger partial charge in [0.2, 0.25) is 23.6 Å². The van der Waals surface area contributed by atoms with Crippen molar-refractivity contribution in [2.24, 2.45) is 11.5 Å². The van der Waals surface area contributed by atoms with Gasteiger partial charge < -0.3 is 47.6 Å². The molecule has 11 N–H and O–H groups in total. The smallest absolute Gasteiger partial charge is 0.326 e. The number of aliphatic carboxylic acids is 2. The molecule has 0 saturated heterocycles. The maximum atomic E-state index is 13.5. The van der Waals surface area contributed by atoms with Crippen LogP contribution < -0.4 is 27.4 Å². The van der Waals surface area contributed by atoms with Gasteiger partial charge in [-0.1, -0.05) is 18.2 Å². The second-order valence-corrected chi connectivity index (χ2v) is 9.24. The van der Waals surface area contributed by atoms with Gasteiger partial charge in [-0.2, -0.15) is 0 Å². The van der Waals surface area contributed by atoms with E-state index in [4.69, 9.17) is 16.6 Å². The number of H-pyrrole nitrogens is 2. The highest BCUT2D eigenvalue weighted by Crippen LogP contribution is 2.19. The van der Waals surface area contributed by atoms with Crippen molar-refractivity contribution in [3.63, 3.8) is 0 Å². The van der Waals surface area contributed by atoms with Crippen LogP contribution in [0.2, 0.25) is 0 Å². The first kappa shape index (κ1) is 30.3. The Hall–Kier alpha value is -5.25. The summed E-state index contributed by atoms with van der Waals surface area (Å²) in [5, 5.41) is 26.3. The summed E-state index contributed by atoms with van der Waals surface area (Å²) in [6.07, 6.45) is 2.78. The van der Waals surface area contributed by atoms with Crippen LogP contribution in [-0.2, 0) is 41.6 Å². The highest BCUT2D eigenvalue weighted by molar-refractivity contribution is 5.96. The largest absolute Gasteiger partial charge is 0.481 e. The van der Waals surface area contributed by atoms with Crippen molar-refractivity contribution in [1.82, 2.24) is 30.9 Å². The molecule has 2 aromatic heterocycles. The highest BCUT2D eigenvalue weighted by Gasteiger charge is 2.32. The molecule has 0 bridgehead atoms. The lowest BCUT2D eigenvalue weighted by molar-refractivity contribution is -0.147.